The first-order valence-electron chi connectivity index (χ1n) is 20.9. The SMILES string of the molecule is Cc1cc(N(c2ccc3c(c2)C(C)(c2ccccc2)c2ccccc2-3)c2ccc3oc4ccccc4c3c2)cc([Si]2(c3ccccc3)c3ccccc3-c3ccccc32)c1. The minimum absolute atomic E-state index is 0.334. The monoisotopic (exact) mass is 783 g/mol. The summed E-state index contributed by atoms with van der Waals surface area (Å²) in [5.74, 6) is 0. The maximum Gasteiger partial charge on any atom is 0.180 e. The molecule has 10 aromatic rings. The van der Waals surface area contributed by atoms with Crippen molar-refractivity contribution in [3.63, 3.8) is 0 Å². The topological polar surface area (TPSA) is 16.4 Å². The van der Waals surface area contributed by atoms with Crippen LogP contribution in [0.4, 0.5) is 17.1 Å². The summed E-state index contributed by atoms with van der Waals surface area (Å²) in [6.07, 6.45) is 0. The number of para-hydroxylation sites is 1. The molecule has 284 valence electrons. The number of fused-ring (bicyclic) bond motifs is 9. The highest BCUT2D eigenvalue weighted by Gasteiger charge is 2.49. The Balaban J connectivity index is 1.14. The van der Waals surface area contributed by atoms with E-state index in [-0.39, 0.29) is 5.41 Å². The van der Waals surface area contributed by atoms with Gasteiger partial charge in [0.15, 0.2) is 8.07 Å². The minimum Gasteiger partial charge on any atom is -0.456 e. The molecule has 0 amide bonds. The molecule has 0 N–H and O–H groups in total. The molecule has 0 saturated heterocycles. The van der Waals surface area contributed by atoms with Gasteiger partial charge < -0.3 is 9.32 Å². The Morgan fingerprint density at radius 1 is 0.417 bits per heavy atom. The van der Waals surface area contributed by atoms with E-state index in [1.165, 1.54) is 65.3 Å². The van der Waals surface area contributed by atoms with E-state index in [0.717, 1.165) is 39.0 Å². The molecule has 0 radical (unpaired) electrons. The number of hydrogen-bond donors (Lipinski definition) is 0. The van der Waals surface area contributed by atoms with Gasteiger partial charge in [-0.15, -0.1) is 0 Å². The molecule has 9 aromatic carbocycles. The lowest BCUT2D eigenvalue weighted by Gasteiger charge is -2.34. The second-order valence-electron chi connectivity index (χ2n) is 16.6. The normalized spacial score (nSPS) is 15.7. The first kappa shape index (κ1) is 34.8. The van der Waals surface area contributed by atoms with Crippen LogP contribution in [0.25, 0.3) is 44.2 Å². The van der Waals surface area contributed by atoms with Crippen molar-refractivity contribution in [2.24, 2.45) is 0 Å². The Kier molecular flexibility index (Phi) is 7.63. The molecule has 0 bridgehead atoms. The smallest absolute Gasteiger partial charge is 0.180 e. The molecule has 1 unspecified atom stereocenters. The van der Waals surface area contributed by atoms with Gasteiger partial charge in [0.25, 0.3) is 0 Å². The van der Waals surface area contributed by atoms with E-state index in [2.05, 4.69) is 225 Å². The molecule has 2 aliphatic rings. The van der Waals surface area contributed by atoms with Gasteiger partial charge in [-0.1, -0.05) is 164 Å². The summed E-state index contributed by atoms with van der Waals surface area (Å²) in [5.41, 5.74) is 15.3. The van der Waals surface area contributed by atoms with Crippen molar-refractivity contribution in [3.05, 3.63) is 235 Å². The molecule has 1 aliphatic heterocycles. The molecule has 2 nitrogen and oxygen atoms in total. The predicted octanol–water partition coefficient (Wildman–Crippen LogP) is 12.1. The van der Waals surface area contributed by atoms with Gasteiger partial charge in [0.1, 0.15) is 11.2 Å². The van der Waals surface area contributed by atoms with E-state index in [1.54, 1.807) is 0 Å². The van der Waals surface area contributed by atoms with Gasteiger partial charge in [-0.05, 0) is 128 Å². The van der Waals surface area contributed by atoms with E-state index in [0.29, 0.717) is 0 Å². The van der Waals surface area contributed by atoms with Crippen molar-refractivity contribution in [1.82, 2.24) is 0 Å². The van der Waals surface area contributed by atoms with Gasteiger partial charge in [-0.3, -0.25) is 0 Å². The van der Waals surface area contributed by atoms with Crippen molar-refractivity contribution >= 4 is 67.8 Å². The highest BCUT2D eigenvalue weighted by molar-refractivity contribution is 7.22. The molecule has 0 saturated carbocycles. The summed E-state index contributed by atoms with van der Waals surface area (Å²) < 4.78 is 6.39. The first-order chi connectivity index (χ1) is 29.5. The molecule has 1 aliphatic carbocycles. The number of anilines is 3. The van der Waals surface area contributed by atoms with Gasteiger partial charge in [0, 0.05) is 33.2 Å². The lowest BCUT2D eigenvalue weighted by molar-refractivity contribution is 0.669. The lowest BCUT2D eigenvalue weighted by atomic mass is 9.74. The van der Waals surface area contributed by atoms with Crippen LogP contribution in [-0.4, -0.2) is 8.07 Å². The van der Waals surface area contributed by atoms with Gasteiger partial charge in [-0.25, -0.2) is 0 Å². The van der Waals surface area contributed by atoms with Crippen LogP contribution in [0.15, 0.2) is 217 Å². The van der Waals surface area contributed by atoms with Crippen molar-refractivity contribution in [1.29, 1.82) is 0 Å². The molecule has 1 aromatic heterocycles. The van der Waals surface area contributed by atoms with Gasteiger partial charge in [0.05, 0.1) is 0 Å². The van der Waals surface area contributed by atoms with Gasteiger partial charge in [-0.2, -0.15) is 0 Å². The zero-order valence-corrected chi connectivity index (χ0v) is 34.6. The van der Waals surface area contributed by atoms with Crippen LogP contribution >= 0.6 is 0 Å². The van der Waals surface area contributed by atoms with E-state index in [9.17, 15) is 0 Å². The van der Waals surface area contributed by atoms with Crippen molar-refractivity contribution in [2.45, 2.75) is 19.3 Å². The molecule has 12 rings (SSSR count). The molecule has 60 heavy (non-hydrogen) atoms. The molecule has 2 heterocycles. The maximum absolute atomic E-state index is 6.39. The number of hydrogen-bond acceptors (Lipinski definition) is 2. The van der Waals surface area contributed by atoms with E-state index < -0.39 is 8.07 Å². The zero-order valence-electron chi connectivity index (χ0n) is 33.6. The summed E-state index contributed by atoms with van der Waals surface area (Å²) in [6, 6.07) is 79.2. The minimum atomic E-state index is -2.77. The Labute approximate surface area is 351 Å². The summed E-state index contributed by atoms with van der Waals surface area (Å²) in [5, 5.41) is 7.89. The van der Waals surface area contributed by atoms with E-state index >= 15 is 0 Å². The number of furan rings is 1. The standard InChI is InChI=1S/C57H41NOSi/c1-38-33-42(35-44(34-38)60(43-19-7-4-8-20-43)55-27-15-11-23-48(55)49-24-12-16-28-56(49)60)58(40-30-32-54-50(36-40)47-22-10-14-26-53(47)59-54)41-29-31-46-45-21-9-13-25-51(45)57(2,52(46)37-41)39-17-5-3-6-18-39/h3-37H,1-2H3. The van der Waals surface area contributed by atoms with Gasteiger partial charge >= 0.3 is 0 Å². The average molecular weight is 784 g/mol. The van der Waals surface area contributed by atoms with Crippen molar-refractivity contribution in [3.8, 4) is 22.3 Å². The second kappa shape index (κ2) is 13.2. The van der Waals surface area contributed by atoms with Crippen LogP contribution in [0.1, 0.15) is 29.2 Å². The first-order valence-corrected chi connectivity index (χ1v) is 22.9. The molecular weight excluding hydrogens is 743 g/mol. The lowest BCUT2D eigenvalue weighted by Crippen LogP contribution is -2.72. The Morgan fingerprint density at radius 2 is 1.00 bits per heavy atom. The number of aryl methyl sites for hydroxylation is 1. The van der Waals surface area contributed by atoms with Crippen LogP contribution in [-0.2, 0) is 5.41 Å². The Hall–Kier alpha value is -7.20. The Morgan fingerprint density at radius 3 is 1.77 bits per heavy atom. The molecule has 0 fully saturated rings. The second-order valence-corrected chi connectivity index (χ2v) is 20.4. The third-order valence-corrected chi connectivity index (χ3v) is 18.3. The molecule has 0 spiro atoms. The van der Waals surface area contributed by atoms with Crippen LogP contribution in [0.5, 0.6) is 0 Å². The predicted molar refractivity (Wildman–Crippen MR) is 253 cm³/mol. The number of rotatable bonds is 6. The summed E-state index contributed by atoms with van der Waals surface area (Å²) in [4.78, 5) is 2.49. The van der Waals surface area contributed by atoms with Crippen molar-refractivity contribution in [2.75, 3.05) is 4.90 Å². The average Bonchev–Trinajstić information content (AvgIpc) is 3.91. The fraction of sp³-hybridized carbons (Fsp3) is 0.0526. The molecule has 1 atom stereocenters. The summed E-state index contributed by atoms with van der Waals surface area (Å²) >= 11 is 0. The van der Waals surface area contributed by atoms with E-state index in [1.807, 2.05) is 6.07 Å². The molecule has 3 heteroatoms. The number of benzene rings is 9. The summed E-state index contributed by atoms with van der Waals surface area (Å²) in [6.45, 7) is 4.67. The fourth-order valence-corrected chi connectivity index (χ4v) is 16.1. The van der Waals surface area contributed by atoms with Crippen LogP contribution in [0.3, 0.4) is 0 Å². The largest absolute Gasteiger partial charge is 0.456 e. The number of nitrogens with zero attached hydrogens (tertiary/aromatic N) is 1. The van der Waals surface area contributed by atoms with Crippen LogP contribution in [0.2, 0.25) is 0 Å². The quantitative estimate of drug-likeness (QED) is 0.156. The Bertz CT molecular complexity index is 3270. The van der Waals surface area contributed by atoms with Gasteiger partial charge in [0.2, 0.25) is 0 Å². The van der Waals surface area contributed by atoms with Crippen LogP contribution < -0.4 is 25.6 Å². The third-order valence-electron chi connectivity index (χ3n) is 13.4. The maximum atomic E-state index is 6.39. The molecular formula is C57H41NOSi. The van der Waals surface area contributed by atoms with Crippen LogP contribution in [0, 0.1) is 6.92 Å². The fourth-order valence-electron chi connectivity index (χ4n) is 10.8. The third kappa shape index (κ3) is 4.87. The highest BCUT2D eigenvalue weighted by Crippen LogP contribution is 2.54. The summed E-state index contributed by atoms with van der Waals surface area (Å²) in [7, 11) is -2.77. The highest BCUT2D eigenvalue weighted by atomic mass is 28.3. The zero-order chi connectivity index (χ0) is 40.0. The van der Waals surface area contributed by atoms with E-state index in [4.69, 9.17) is 4.42 Å². The van der Waals surface area contributed by atoms with Crippen molar-refractivity contribution < 1.29 is 4.42 Å².